The summed E-state index contributed by atoms with van der Waals surface area (Å²) in [5.74, 6) is 0.554. The first kappa shape index (κ1) is 7.72. The molecule has 0 aromatic carbocycles. The number of hydrogen-bond donors (Lipinski definition) is 0. The van der Waals surface area contributed by atoms with E-state index in [1.165, 1.54) is 17.8 Å². The summed E-state index contributed by atoms with van der Waals surface area (Å²) in [6, 6.07) is 1.68. The molecule has 5 heteroatoms. The highest BCUT2D eigenvalue weighted by Gasteiger charge is 2.06. The monoisotopic (exact) mass is 177 g/mol. The van der Waals surface area contributed by atoms with Crippen molar-refractivity contribution in [1.82, 2.24) is 14.6 Å². The van der Waals surface area contributed by atoms with Crippen LogP contribution < -0.4 is 4.74 Å². The number of aldehydes is 1. The molecule has 5 nitrogen and oxygen atoms in total. The Morgan fingerprint density at radius 2 is 2.46 bits per heavy atom. The Bertz CT molecular complexity index is 450. The summed E-state index contributed by atoms with van der Waals surface area (Å²) in [7, 11) is 1.54. The van der Waals surface area contributed by atoms with Crippen LogP contribution in [0.25, 0.3) is 5.65 Å². The molecule has 0 N–H and O–H groups in total. The molecule has 0 spiro atoms. The van der Waals surface area contributed by atoms with Crippen LogP contribution in [0.5, 0.6) is 5.88 Å². The van der Waals surface area contributed by atoms with Gasteiger partial charge in [0.2, 0.25) is 5.88 Å². The van der Waals surface area contributed by atoms with E-state index in [1.807, 2.05) is 0 Å². The van der Waals surface area contributed by atoms with Crippen molar-refractivity contribution < 1.29 is 9.53 Å². The third-order valence-corrected chi connectivity index (χ3v) is 1.73. The van der Waals surface area contributed by atoms with Crippen LogP contribution in [0.15, 0.2) is 18.5 Å². The van der Waals surface area contributed by atoms with Gasteiger partial charge in [0.05, 0.1) is 18.9 Å². The van der Waals surface area contributed by atoms with E-state index < -0.39 is 0 Å². The molecule has 0 saturated carbocycles. The zero-order valence-electron chi connectivity index (χ0n) is 6.97. The molecule has 0 bridgehead atoms. The Balaban J connectivity index is 2.79. The number of aromatic nitrogens is 3. The van der Waals surface area contributed by atoms with Crippen LogP contribution >= 0.6 is 0 Å². The van der Waals surface area contributed by atoms with Gasteiger partial charge in [0.1, 0.15) is 0 Å². The minimum atomic E-state index is 0.457. The zero-order valence-corrected chi connectivity index (χ0v) is 6.97. The van der Waals surface area contributed by atoms with Crippen molar-refractivity contribution in [2.75, 3.05) is 7.11 Å². The number of fused-ring (bicyclic) bond motifs is 1. The Labute approximate surface area is 74.0 Å². The van der Waals surface area contributed by atoms with E-state index in [9.17, 15) is 4.79 Å². The number of carbonyl (C=O) groups excluding carboxylic acids is 1. The van der Waals surface area contributed by atoms with Gasteiger partial charge in [-0.3, -0.25) is 4.79 Å². The van der Waals surface area contributed by atoms with Crippen molar-refractivity contribution in [1.29, 1.82) is 0 Å². The number of carbonyl (C=O) groups is 1. The maximum atomic E-state index is 10.5. The van der Waals surface area contributed by atoms with Crippen molar-refractivity contribution in [3.8, 4) is 5.88 Å². The fourth-order valence-electron chi connectivity index (χ4n) is 1.13. The molecule has 2 heterocycles. The first-order valence-electron chi connectivity index (χ1n) is 3.68. The standard InChI is InChI=1S/C8H7N3O2/c1-13-7-2-3-9-8-6(5-12)4-10-11(7)8/h2-5H,1H3. The highest BCUT2D eigenvalue weighted by Crippen LogP contribution is 2.12. The Morgan fingerprint density at radius 3 is 3.15 bits per heavy atom. The van der Waals surface area contributed by atoms with Gasteiger partial charge < -0.3 is 4.74 Å². The van der Waals surface area contributed by atoms with Gasteiger partial charge in [0.15, 0.2) is 11.9 Å². The molecule has 0 amide bonds. The fourth-order valence-corrected chi connectivity index (χ4v) is 1.13. The van der Waals surface area contributed by atoms with Crippen molar-refractivity contribution in [3.05, 3.63) is 24.0 Å². The van der Waals surface area contributed by atoms with Crippen molar-refractivity contribution in [3.63, 3.8) is 0 Å². The molecule has 0 radical (unpaired) electrons. The van der Waals surface area contributed by atoms with Gasteiger partial charge in [0.25, 0.3) is 0 Å². The Kier molecular flexibility index (Phi) is 1.70. The Morgan fingerprint density at radius 1 is 1.62 bits per heavy atom. The SMILES string of the molecule is COc1ccnc2c(C=O)cnn12. The smallest absolute Gasteiger partial charge is 0.217 e. The number of methoxy groups -OCH3 is 1. The highest BCUT2D eigenvalue weighted by molar-refractivity contribution is 5.83. The molecule has 2 rings (SSSR count). The topological polar surface area (TPSA) is 56.5 Å². The lowest BCUT2D eigenvalue weighted by Gasteiger charge is -2.00. The number of rotatable bonds is 2. The van der Waals surface area contributed by atoms with Gasteiger partial charge in [-0.05, 0) is 0 Å². The molecule has 13 heavy (non-hydrogen) atoms. The van der Waals surface area contributed by atoms with Crippen molar-refractivity contribution in [2.45, 2.75) is 0 Å². The summed E-state index contributed by atoms with van der Waals surface area (Å²) < 4.78 is 6.51. The van der Waals surface area contributed by atoms with E-state index in [1.54, 1.807) is 12.3 Å². The van der Waals surface area contributed by atoms with Gasteiger partial charge in [-0.15, -0.1) is 0 Å². The lowest BCUT2D eigenvalue weighted by atomic mass is 10.4. The van der Waals surface area contributed by atoms with E-state index in [0.29, 0.717) is 17.1 Å². The molecule has 0 fully saturated rings. The third-order valence-electron chi connectivity index (χ3n) is 1.73. The molecule has 0 saturated heterocycles. The average Bonchev–Trinajstić information content (AvgIpc) is 2.60. The maximum absolute atomic E-state index is 10.5. The summed E-state index contributed by atoms with van der Waals surface area (Å²) in [5.41, 5.74) is 0.966. The van der Waals surface area contributed by atoms with Gasteiger partial charge in [-0.2, -0.15) is 9.61 Å². The molecule has 0 unspecified atom stereocenters. The van der Waals surface area contributed by atoms with Crippen LogP contribution in [0.4, 0.5) is 0 Å². The fraction of sp³-hybridized carbons (Fsp3) is 0.125. The maximum Gasteiger partial charge on any atom is 0.217 e. The summed E-state index contributed by atoms with van der Waals surface area (Å²) in [6.07, 6.45) is 3.75. The highest BCUT2D eigenvalue weighted by atomic mass is 16.5. The molecule has 0 aliphatic rings. The zero-order chi connectivity index (χ0) is 9.26. The molecule has 2 aromatic rings. The van der Waals surface area contributed by atoms with Crippen LogP contribution in [-0.2, 0) is 0 Å². The number of nitrogens with zero attached hydrogens (tertiary/aromatic N) is 3. The number of hydrogen-bond acceptors (Lipinski definition) is 4. The first-order valence-corrected chi connectivity index (χ1v) is 3.68. The van der Waals surface area contributed by atoms with Crippen molar-refractivity contribution >= 4 is 11.9 Å². The average molecular weight is 177 g/mol. The molecule has 66 valence electrons. The summed E-state index contributed by atoms with van der Waals surface area (Å²) >= 11 is 0. The first-order chi connectivity index (χ1) is 6.36. The minimum absolute atomic E-state index is 0.457. The van der Waals surface area contributed by atoms with Gasteiger partial charge in [-0.1, -0.05) is 0 Å². The van der Waals surface area contributed by atoms with Crippen LogP contribution in [0.3, 0.4) is 0 Å². The third kappa shape index (κ3) is 1.05. The summed E-state index contributed by atoms with van der Waals surface area (Å²) in [4.78, 5) is 14.6. The molecule has 0 aliphatic carbocycles. The van der Waals surface area contributed by atoms with E-state index in [-0.39, 0.29) is 0 Å². The quantitative estimate of drug-likeness (QED) is 0.628. The molecule has 2 aromatic heterocycles. The molecular weight excluding hydrogens is 170 g/mol. The van der Waals surface area contributed by atoms with E-state index in [2.05, 4.69) is 10.1 Å². The van der Waals surface area contributed by atoms with E-state index in [0.717, 1.165) is 6.29 Å². The van der Waals surface area contributed by atoms with Gasteiger partial charge >= 0.3 is 0 Å². The van der Waals surface area contributed by atoms with Crippen LogP contribution in [0, 0.1) is 0 Å². The van der Waals surface area contributed by atoms with E-state index in [4.69, 9.17) is 4.74 Å². The second-order valence-electron chi connectivity index (χ2n) is 2.44. The van der Waals surface area contributed by atoms with E-state index >= 15 is 0 Å². The minimum Gasteiger partial charge on any atom is -0.481 e. The van der Waals surface area contributed by atoms with Crippen LogP contribution in [0.2, 0.25) is 0 Å². The summed E-state index contributed by atoms with van der Waals surface area (Å²) in [6.45, 7) is 0. The molecule has 0 atom stereocenters. The lowest BCUT2D eigenvalue weighted by molar-refractivity contribution is 0.112. The largest absolute Gasteiger partial charge is 0.481 e. The number of ether oxygens (including phenoxy) is 1. The van der Waals surface area contributed by atoms with Crippen molar-refractivity contribution in [2.24, 2.45) is 0 Å². The second kappa shape index (κ2) is 2.85. The normalized spacial score (nSPS) is 10.2. The van der Waals surface area contributed by atoms with Gasteiger partial charge in [0, 0.05) is 12.3 Å². The molecular formula is C8H7N3O2. The van der Waals surface area contributed by atoms with Gasteiger partial charge in [-0.25, -0.2) is 4.98 Å². The lowest BCUT2D eigenvalue weighted by Crippen LogP contribution is -1.96. The predicted octanol–water partition coefficient (Wildman–Crippen LogP) is 0.550. The second-order valence-corrected chi connectivity index (χ2v) is 2.44. The molecule has 0 aliphatic heterocycles. The Hall–Kier alpha value is -1.91. The van der Waals surface area contributed by atoms with Crippen LogP contribution in [0.1, 0.15) is 10.4 Å². The van der Waals surface area contributed by atoms with Crippen LogP contribution in [-0.4, -0.2) is 28.0 Å². The summed E-state index contributed by atoms with van der Waals surface area (Å²) in [5, 5.41) is 3.96. The predicted molar refractivity (Wildman–Crippen MR) is 44.9 cm³/mol.